The summed E-state index contributed by atoms with van der Waals surface area (Å²) in [7, 11) is -3.71. The number of benzene rings is 1. The highest BCUT2D eigenvalue weighted by Gasteiger charge is 2.40. The minimum absolute atomic E-state index is 0.0228. The first kappa shape index (κ1) is 20.0. The SMILES string of the molecule is O=C(O)CCCCS(=O)(=O)c1cccc2c1CN(C1CCC(=O)NC1=O)C2=O. The van der Waals surface area contributed by atoms with Crippen LogP contribution in [0.4, 0.5) is 0 Å². The molecule has 0 saturated carbocycles. The average molecular weight is 408 g/mol. The van der Waals surface area contributed by atoms with Gasteiger partial charge in [-0.15, -0.1) is 0 Å². The number of hydrogen-bond donors (Lipinski definition) is 2. The maximum atomic E-state index is 12.7. The molecule has 1 atom stereocenters. The van der Waals surface area contributed by atoms with E-state index in [1.165, 1.54) is 23.1 Å². The monoisotopic (exact) mass is 408 g/mol. The Morgan fingerprint density at radius 1 is 1.21 bits per heavy atom. The Bertz CT molecular complexity index is 955. The Morgan fingerprint density at radius 2 is 1.96 bits per heavy atom. The van der Waals surface area contributed by atoms with E-state index in [-0.39, 0.29) is 54.9 Å². The van der Waals surface area contributed by atoms with E-state index in [1.807, 2.05) is 0 Å². The van der Waals surface area contributed by atoms with Gasteiger partial charge in [-0.2, -0.15) is 0 Å². The van der Waals surface area contributed by atoms with Gasteiger partial charge >= 0.3 is 5.97 Å². The highest BCUT2D eigenvalue weighted by Crippen LogP contribution is 2.32. The smallest absolute Gasteiger partial charge is 0.303 e. The van der Waals surface area contributed by atoms with E-state index < -0.39 is 39.6 Å². The Labute approximate surface area is 161 Å². The van der Waals surface area contributed by atoms with Crippen LogP contribution in [0.1, 0.15) is 48.0 Å². The van der Waals surface area contributed by atoms with Crippen molar-refractivity contribution in [3.8, 4) is 0 Å². The van der Waals surface area contributed by atoms with Crippen LogP contribution in [0.25, 0.3) is 0 Å². The zero-order valence-corrected chi connectivity index (χ0v) is 15.8. The van der Waals surface area contributed by atoms with E-state index in [2.05, 4.69) is 5.32 Å². The van der Waals surface area contributed by atoms with E-state index in [0.29, 0.717) is 5.56 Å². The number of carbonyl (C=O) groups excluding carboxylic acids is 3. The van der Waals surface area contributed by atoms with Crippen LogP contribution in [-0.4, -0.2) is 53.9 Å². The number of carbonyl (C=O) groups is 4. The molecular formula is C18H20N2O7S. The zero-order valence-electron chi connectivity index (χ0n) is 15.0. The van der Waals surface area contributed by atoms with Crippen LogP contribution in [-0.2, 0) is 30.8 Å². The van der Waals surface area contributed by atoms with Crippen molar-refractivity contribution < 1.29 is 32.7 Å². The van der Waals surface area contributed by atoms with Gasteiger partial charge in [0.1, 0.15) is 6.04 Å². The lowest BCUT2D eigenvalue weighted by Gasteiger charge is -2.29. The molecule has 0 aliphatic carbocycles. The van der Waals surface area contributed by atoms with Crippen molar-refractivity contribution in [3.05, 3.63) is 29.3 Å². The van der Waals surface area contributed by atoms with Gasteiger partial charge in [0.15, 0.2) is 9.84 Å². The van der Waals surface area contributed by atoms with Crippen LogP contribution < -0.4 is 5.32 Å². The Balaban J connectivity index is 1.81. The molecule has 0 radical (unpaired) electrons. The summed E-state index contributed by atoms with van der Waals surface area (Å²) in [5.74, 6) is -2.59. The number of carboxylic acids is 1. The predicted molar refractivity (Wildman–Crippen MR) is 96.0 cm³/mol. The molecule has 2 heterocycles. The Kier molecular flexibility index (Phi) is 5.50. The van der Waals surface area contributed by atoms with E-state index in [0.717, 1.165) is 0 Å². The van der Waals surface area contributed by atoms with Crippen molar-refractivity contribution in [3.63, 3.8) is 0 Å². The molecule has 2 aliphatic heterocycles. The van der Waals surface area contributed by atoms with Gasteiger partial charge in [0, 0.05) is 30.5 Å². The highest BCUT2D eigenvalue weighted by atomic mass is 32.2. The first-order chi connectivity index (χ1) is 13.2. The number of unbranched alkanes of at least 4 members (excludes halogenated alkanes) is 1. The zero-order chi connectivity index (χ0) is 20.5. The first-order valence-corrected chi connectivity index (χ1v) is 10.6. The third-order valence-corrected chi connectivity index (χ3v) is 6.81. The number of hydrogen-bond acceptors (Lipinski definition) is 6. The summed E-state index contributed by atoms with van der Waals surface area (Å²) in [5, 5.41) is 10.9. The van der Waals surface area contributed by atoms with Crippen LogP contribution in [0.5, 0.6) is 0 Å². The molecule has 1 saturated heterocycles. The number of nitrogens with zero attached hydrogens (tertiary/aromatic N) is 1. The van der Waals surface area contributed by atoms with Crippen molar-refractivity contribution in [2.24, 2.45) is 0 Å². The Morgan fingerprint density at radius 3 is 2.64 bits per heavy atom. The van der Waals surface area contributed by atoms with Crippen molar-refractivity contribution in [1.29, 1.82) is 0 Å². The van der Waals surface area contributed by atoms with Crippen LogP contribution >= 0.6 is 0 Å². The van der Waals surface area contributed by atoms with Gasteiger partial charge in [-0.25, -0.2) is 8.42 Å². The van der Waals surface area contributed by atoms with Crippen LogP contribution in [0, 0.1) is 0 Å². The molecule has 10 heteroatoms. The molecule has 3 rings (SSSR count). The highest BCUT2D eigenvalue weighted by molar-refractivity contribution is 7.91. The van der Waals surface area contributed by atoms with Gasteiger partial charge in [-0.1, -0.05) is 6.07 Å². The molecule has 2 N–H and O–H groups in total. The maximum Gasteiger partial charge on any atom is 0.303 e. The molecule has 9 nitrogen and oxygen atoms in total. The van der Waals surface area contributed by atoms with E-state index in [1.54, 1.807) is 0 Å². The summed E-state index contributed by atoms with van der Waals surface area (Å²) in [6.45, 7) is -0.0228. The number of rotatable bonds is 7. The quantitative estimate of drug-likeness (QED) is 0.494. The predicted octanol–water partition coefficient (Wildman–Crippen LogP) is 0.476. The maximum absolute atomic E-state index is 12.7. The molecule has 1 unspecified atom stereocenters. The molecule has 1 aromatic rings. The molecule has 3 amide bonds. The molecular weight excluding hydrogens is 388 g/mol. The number of aliphatic carboxylic acids is 1. The van der Waals surface area contributed by atoms with E-state index >= 15 is 0 Å². The van der Waals surface area contributed by atoms with Gasteiger partial charge in [0.2, 0.25) is 11.8 Å². The molecule has 150 valence electrons. The second kappa shape index (κ2) is 7.70. The topological polar surface area (TPSA) is 138 Å². The van der Waals surface area contributed by atoms with Crippen molar-refractivity contribution in [2.45, 2.75) is 49.6 Å². The minimum atomic E-state index is -3.71. The van der Waals surface area contributed by atoms with Gasteiger partial charge in [-0.05, 0) is 31.4 Å². The molecule has 2 aliphatic rings. The second-order valence-corrected chi connectivity index (χ2v) is 8.93. The fourth-order valence-corrected chi connectivity index (χ4v) is 5.17. The van der Waals surface area contributed by atoms with Gasteiger partial charge < -0.3 is 10.0 Å². The number of carboxylic acid groups (broad SMARTS) is 1. The summed E-state index contributed by atoms with van der Waals surface area (Å²) in [4.78, 5) is 48.1. The van der Waals surface area contributed by atoms with Crippen molar-refractivity contribution in [2.75, 3.05) is 5.75 Å². The average Bonchev–Trinajstić information content (AvgIpc) is 2.95. The third-order valence-electron chi connectivity index (χ3n) is 4.93. The van der Waals surface area contributed by atoms with Crippen LogP contribution in [0.2, 0.25) is 0 Å². The lowest BCUT2D eigenvalue weighted by atomic mass is 10.0. The number of nitrogens with one attached hydrogen (secondary N) is 1. The molecule has 1 aromatic carbocycles. The third kappa shape index (κ3) is 3.91. The van der Waals surface area contributed by atoms with Gasteiger partial charge in [0.25, 0.3) is 5.91 Å². The standard InChI is InChI=1S/C18H20N2O7S/c21-15-8-7-13(17(24)19-15)20-10-12-11(18(20)25)4-3-5-14(12)28(26,27)9-2-1-6-16(22)23/h3-5,13H,1-2,6-10H2,(H,22,23)(H,19,21,24). The van der Waals surface area contributed by atoms with E-state index in [9.17, 15) is 27.6 Å². The van der Waals surface area contributed by atoms with Crippen LogP contribution in [0.3, 0.4) is 0 Å². The lowest BCUT2D eigenvalue weighted by Crippen LogP contribution is -2.52. The number of sulfone groups is 1. The molecule has 0 spiro atoms. The van der Waals surface area contributed by atoms with Gasteiger partial charge in [0.05, 0.1) is 10.6 Å². The van der Waals surface area contributed by atoms with Crippen molar-refractivity contribution in [1.82, 2.24) is 10.2 Å². The first-order valence-electron chi connectivity index (χ1n) is 8.92. The van der Waals surface area contributed by atoms with Crippen molar-refractivity contribution >= 4 is 33.5 Å². The largest absolute Gasteiger partial charge is 0.481 e. The lowest BCUT2D eigenvalue weighted by molar-refractivity contribution is -0.138. The second-order valence-electron chi connectivity index (χ2n) is 6.85. The molecule has 1 fully saturated rings. The number of piperidine rings is 1. The van der Waals surface area contributed by atoms with E-state index in [4.69, 9.17) is 5.11 Å². The Hall–Kier alpha value is -2.75. The number of fused-ring (bicyclic) bond motifs is 1. The summed E-state index contributed by atoms with van der Waals surface area (Å²) in [5.41, 5.74) is 0.576. The summed E-state index contributed by atoms with van der Waals surface area (Å²) in [6.07, 6.45) is 0.644. The minimum Gasteiger partial charge on any atom is -0.481 e. The van der Waals surface area contributed by atoms with Gasteiger partial charge in [-0.3, -0.25) is 24.5 Å². The summed E-state index contributed by atoms with van der Waals surface area (Å²) < 4.78 is 25.5. The van der Waals surface area contributed by atoms with Crippen LogP contribution in [0.15, 0.2) is 23.1 Å². The summed E-state index contributed by atoms with van der Waals surface area (Å²) >= 11 is 0. The molecule has 0 bridgehead atoms. The summed E-state index contributed by atoms with van der Waals surface area (Å²) in [6, 6.07) is 3.61. The molecule has 0 aromatic heterocycles. The number of amides is 3. The fraction of sp³-hybridized carbons (Fsp3) is 0.444. The molecule has 28 heavy (non-hydrogen) atoms. The fourth-order valence-electron chi connectivity index (χ4n) is 3.53. The normalized spacial score (nSPS) is 19.5. The number of imide groups is 1.